The zero-order valence-corrected chi connectivity index (χ0v) is 12.1. The first-order chi connectivity index (χ1) is 9.65. The van der Waals surface area contributed by atoms with Gasteiger partial charge in [-0.3, -0.25) is 0 Å². The molecule has 0 aromatic heterocycles. The number of methoxy groups -OCH3 is 1. The zero-order valence-electron chi connectivity index (χ0n) is 12.1. The van der Waals surface area contributed by atoms with Crippen LogP contribution in [0.3, 0.4) is 0 Å². The Labute approximate surface area is 119 Å². The van der Waals surface area contributed by atoms with Crippen LogP contribution in [0.4, 0.5) is 8.78 Å². The van der Waals surface area contributed by atoms with E-state index < -0.39 is 6.61 Å². The smallest absolute Gasteiger partial charge is 0.387 e. The molecule has 0 spiro atoms. The third-order valence-corrected chi connectivity index (χ3v) is 3.08. The van der Waals surface area contributed by atoms with Crippen molar-refractivity contribution in [3.8, 4) is 5.75 Å². The summed E-state index contributed by atoms with van der Waals surface area (Å²) >= 11 is 0. The van der Waals surface area contributed by atoms with Crippen molar-refractivity contribution in [2.24, 2.45) is 0 Å². The molecule has 1 aromatic rings. The fourth-order valence-electron chi connectivity index (χ4n) is 2.02. The Bertz CT molecular complexity index is 375. The minimum Gasteiger partial charge on any atom is -0.434 e. The molecule has 0 bridgehead atoms. The minimum absolute atomic E-state index is 0.0209. The van der Waals surface area contributed by atoms with Gasteiger partial charge in [0.15, 0.2) is 0 Å². The van der Waals surface area contributed by atoms with Crippen molar-refractivity contribution in [3.63, 3.8) is 0 Å². The van der Waals surface area contributed by atoms with Gasteiger partial charge >= 0.3 is 6.61 Å². The first kappa shape index (κ1) is 16.9. The van der Waals surface area contributed by atoms with Crippen LogP contribution in [-0.4, -0.2) is 26.9 Å². The van der Waals surface area contributed by atoms with Gasteiger partial charge in [-0.2, -0.15) is 8.78 Å². The lowest BCUT2D eigenvalue weighted by Gasteiger charge is -2.18. The lowest BCUT2D eigenvalue weighted by Crippen LogP contribution is -2.21. The van der Waals surface area contributed by atoms with Crippen LogP contribution in [0.2, 0.25) is 0 Å². The van der Waals surface area contributed by atoms with Crippen molar-refractivity contribution in [2.45, 2.75) is 38.8 Å². The lowest BCUT2D eigenvalue weighted by molar-refractivity contribution is -0.0506. The van der Waals surface area contributed by atoms with E-state index >= 15 is 0 Å². The molecule has 0 saturated carbocycles. The van der Waals surface area contributed by atoms with Crippen molar-refractivity contribution < 1.29 is 18.3 Å². The molecule has 5 heteroatoms. The van der Waals surface area contributed by atoms with E-state index in [2.05, 4.69) is 10.1 Å². The Morgan fingerprint density at radius 2 is 1.90 bits per heavy atom. The molecule has 0 saturated heterocycles. The standard InChI is InChI=1S/C15H23F2NO2/c1-12(18-10-6-3-7-11-19-2)13-8-4-5-9-14(13)20-15(16)17/h4-5,8-9,12,15,18H,3,6-7,10-11H2,1-2H3. The molecule has 0 aliphatic rings. The molecule has 0 aliphatic heterocycles. The third-order valence-electron chi connectivity index (χ3n) is 3.08. The second-order valence-electron chi connectivity index (χ2n) is 4.65. The average Bonchev–Trinajstić information content (AvgIpc) is 2.42. The molecule has 1 rings (SSSR count). The van der Waals surface area contributed by atoms with E-state index in [9.17, 15) is 8.78 Å². The Hall–Kier alpha value is -1.20. The number of ether oxygens (including phenoxy) is 2. The van der Waals surface area contributed by atoms with Crippen LogP contribution >= 0.6 is 0 Å². The van der Waals surface area contributed by atoms with Crippen LogP contribution in [-0.2, 0) is 4.74 Å². The molecule has 0 amide bonds. The van der Waals surface area contributed by atoms with Crippen molar-refractivity contribution >= 4 is 0 Å². The molecule has 0 aliphatic carbocycles. The Morgan fingerprint density at radius 1 is 1.15 bits per heavy atom. The quantitative estimate of drug-likeness (QED) is 0.665. The monoisotopic (exact) mass is 287 g/mol. The van der Waals surface area contributed by atoms with E-state index in [1.807, 2.05) is 13.0 Å². The molecule has 0 heterocycles. The number of halogens is 2. The summed E-state index contributed by atoms with van der Waals surface area (Å²) in [6, 6.07) is 6.87. The fraction of sp³-hybridized carbons (Fsp3) is 0.600. The summed E-state index contributed by atoms with van der Waals surface area (Å²) < 4.78 is 34.2. The maximum atomic E-state index is 12.3. The van der Waals surface area contributed by atoms with Crippen LogP contribution in [0.25, 0.3) is 0 Å². The fourth-order valence-corrected chi connectivity index (χ4v) is 2.02. The number of unbranched alkanes of at least 4 members (excludes halogenated alkanes) is 2. The van der Waals surface area contributed by atoms with Crippen molar-refractivity contribution in [3.05, 3.63) is 29.8 Å². The molecule has 1 unspecified atom stereocenters. The van der Waals surface area contributed by atoms with E-state index in [0.717, 1.165) is 38.0 Å². The van der Waals surface area contributed by atoms with Crippen molar-refractivity contribution in [1.29, 1.82) is 0 Å². The van der Waals surface area contributed by atoms with Gasteiger partial charge in [-0.15, -0.1) is 0 Å². The van der Waals surface area contributed by atoms with Crippen LogP contribution < -0.4 is 10.1 Å². The molecule has 0 fully saturated rings. The highest BCUT2D eigenvalue weighted by molar-refractivity contribution is 5.35. The summed E-state index contributed by atoms with van der Waals surface area (Å²) in [7, 11) is 1.69. The molecule has 1 aromatic carbocycles. The number of nitrogens with one attached hydrogen (secondary N) is 1. The first-order valence-corrected chi connectivity index (χ1v) is 6.91. The summed E-state index contributed by atoms with van der Waals surface area (Å²) in [4.78, 5) is 0. The van der Waals surface area contributed by atoms with E-state index in [1.54, 1.807) is 25.3 Å². The molecule has 20 heavy (non-hydrogen) atoms. The second-order valence-corrected chi connectivity index (χ2v) is 4.65. The topological polar surface area (TPSA) is 30.5 Å². The van der Waals surface area contributed by atoms with Gasteiger partial charge in [-0.05, 0) is 38.8 Å². The molecule has 0 radical (unpaired) electrons. The molecule has 1 atom stereocenters. The van der Waals surface area contributed by atoms with Gasteiger partial charge in [0.05, 0.1) is 0 Å². The van der Waals surface area contributed by atoms with E-state index in [1.165, 1.54) is 0 Å². The van der Waals surface area contributed by atoms with E-state index in [-0.39, 0.29) is 11.8 Å². The van der Waals surface area contributed by atoms with Crippen molar-refractivity contribution in [2.75, 3.05) is 20.3 Å². The summed E-state index contributed by atoms with van der Waals surface area (Å²) in [5.74, 6) is 0.238. The van der Waals surface area contributed by atoms with Crippen LogP contribution in [0, 0.1) is 0 Å². The maximum absolute atomic E-state index is 12.3. The normalized spacial score (nSPS) is 12.7. The number of hydrogen-bond acceptors (Lipinski definition) is 3. The summed E-state index contributed by atoms with van der Waals surface area (Å²) in [5, 5.41) is 3.32. The van der Waals surface area contributed by atoms with Gasteiger partial charge in [0.25, 0.3) is 0 Å². The number of alkyl halides is 2. The van der Waals surface area contributed by atoms with E-state index in [4.69, 9.17) is 4.74 Å². The molecule has 1 N–H and O–H groups in total. The summed E-state index contributed by atoms with van der Waals surface area (Å²) in [5.41, 5.74) is 0.754. The number of benzene rings is 1. The molecule has 3 nitrogen and oxygen atoms in total. The Morgan fingerprint density at radius 3 is 2.60 bits per heavy atom. The van der Waals surface area contributed by atoms with Gasteiger partial charge in [0.1, 0.15) is 5.75 Å². The second kappa shape index (κ2) is 9.66. The highest BCUT2D eigenvalue weighted by Gasteiger charge is 2.13. The predicted molar refractivity (Wildman–Crippen MR) is 75.2 cm³/mol. The van der Waals surface area contributed by atoms with Crippen LogP contribution in [0.1, 0.15) is 37.8 Å². The summed E-state index contributed by atoms with van der Waals surface area (Å²) in [6.07, 6.45) is 3.16. The van der Waals surface area contributed by atoms with Crippen LogP contribution in [0.5, 0.6) is 5.75 Å². The highest BCUT2D eigenvalue weighted by Crippen LogP contribution is 2.26. The van der Waals surface area contributed by atoms with Crippen molar-refractivity contribution in [1.82, 2.24) is 5.32 Å². The number of hydrogen-bond donors (Lipinski definition) is 1. The van der Waals surface area contributed by atoms with Crippen LogP contribution in [0.15, 0.2) is 24.3 Å². The first-order valence-electron chi connectivity index (χ1n) is 6.91. The minimum atomic E-state index is -2.79. The lowest BCUT2D eigenvalue weighted by atomic mass is 10.1. The largest absolute Gasteiger partial charge is 0.434 e. The Kier molecular flexibility index (Phi) is 8.14. The van der Waals surface area contributed by atoms with Gasteiger partial charge in [0.2, 0.25) is 0 Å². The van der Waals surface area contributed by atoms with Gasteiger partial charge in [0, 0.05) is 25.3 Å². The van der Waals surface area contributed by atoms with Gasteiger partial charge in [-0.1, -0.05) is 18.2 Å². The number of para-hydroxylation sites is 1. The van der Waals surface area contributed by atoms with Gasteiger partial charge < -0.3 is 14.8 Å². The predicted octanol–water partition coefficient (Wildman–Crippen LogP) is 3.76. The molecular weight excluding hydrogens is 264 g/mol. The zero-order chi connectivity index (χ0) is 14.8. The average molecular weight is 287 g/mol. The third kappa shape index (κ3) is 6.30. The SMILES string of the molecule is COCCCCCNC(C)c1ccccc1OC(F)F. The highest BCUT2D eigenvalue weighted by atomic mass is 19.3. The van der Waals surface area contributed by atoms with E-state index in [0.29, 0.717) is 0 Å². The number of rotatable bonds is 10. The Balaban J connectivity index is 2.40. The molecular formula is C15H23F2NO2. The maximum Gasteiger partial charge on any atom is 0.387 e. The van der Waals surface area contributed by atoms with Gasteiger partial charge in [-0.25, -0.2) is 0 Å². The summed E-state index contributed by atoms with van der Waals surface area (Å²) in [6.45, 7) is 0.773. The molecule has 114 valence electrons.